The fraction of sp³-hybridized carbons (Fsp3) is 0.176. The quantitative estimate of drug-likeness (QED) is 0.794. The molecule has 2 N–H and O–H groups in total. The fourth-order valence-electron chi connectivity index (χ4n) is 1.94. The van der Waals surface area contributed by atoms with E-state index in [2.05, 4.69) is 5.32 Å². The molecule has 126 valence electrons. The van der Waals surface area contributed by atoms with Gasteiger partial charge in [0.1, 0.15) is 11.3 Å². The second-order valence-electron chi connectivity index (χ2n) is 5.11. The van der Waals surface area contributed by atoms with E-state index < -0.39 is 18.0 Å². The molecule has 0 saturated carbocycles. The minimum absolute atomic E-state index is 0.00422. The highest BCUT2D eigenvalue weighted by molar-refractivity contribution is 6.44. The number of halogens is 2. The maximum absolute atomic E-state index is 12.1. The topological polar surface area (TPSA) is 75.6 Å². The van der Waals surface area contributed by atoms with Crippen molar-refractivity contribution in [3.8, 4) is 5.75 Å². The van der Waals surface area contributed by atoms with Gasteiger partial charge in [-0.2, -0.15) is 0 Å². The van der Waals surface area contributed by atoms with Crippen LogP contribution in [0.5, 0.6) is 5.75 Å². The lowest BCUT2D eigenvalue weighted by molar-refractivity contribution is -0.123. The zero-order valence-corrected chi connectivity index (χ0v) is 14.5. The highest BCUT2D eigenvalue weighted by Gasteiger charge is 2.22. The fourth-order valence-corrected chi connectivity index (χ4v) is 2.28. The van der Waals surface area contributed by atoms with Crippen molar-refractivity contribution < 1.29 is 19.4 Å². The Balaban J connectivity index is 2.07. The highest BCUT2D eigenvalue weighted by atomic mass is 35.5. The number of ether oxygens (including phenoxy) is 1. The summed E-state index contributed by atoms with van der Waals surface area (Å²) in [6, 6.07) is 9.48. The first-order chi connectivity index (χ1) is 11.3. The third kappa shape index (κ3) is 3.99. The molecule has 24 heavy (non-hydrogen) atoms. The van der Waals surface area contributed by atoms with Gasteiger partial charge in [-0.1, -0.05) is 41.4 Å². The molecule has 1 amide bonds. The molecule has 0 heterocycles. The van der Waals surface area contributed by atoms with Crippen molar-refractivity contribution in [1.82, 2.24) is 0 Å². The van der Waals surface area contributed by atoms with Crippen LogP contribution in [0.2, 0.25) is 10.0 Å². The molecule has 2 aromatic carbocycles. The molecule has 2 rings (SSSR count). The van der Waals surface area contributed by atoms with Gasteiger partial charge in [-0.3, -0.25) is 4.79 Å². The third-order valence-electron chi connectivity index (χ3n) is 3.32. The maximum atomic E-state index is 12.1. The molecular weight excluding hydrogens is 353 g/mol. The minimum Gasteiger partial charge on any atom is -0.507 e. The zero-order chi connectivity index (χ0) is 17.9. The van der Waals surface area contributed by atoms with Gasteiger partial charge in [0.05, 0.1) is 15.7 Å². The maximum Gasteiger partial charge on any atom is 0.342 e. The summed E-state index contributed by atoms with van der Waals surface area (Å²) < 4.78 is 5.09. The van der Waals surface area contributed by atoms with Crippen LogP contribution in [0.4, 0.5) is 5.69 Å². The van der Waals surface area contributed by atoms with Gasteiger partial charge in [-0.05, 0) is 37.6 Å². The second kappa shape index (κ2) is 7.55. The average Bonchev–Trinajstić information content (AvgIpc) is 2.54. The lowest BCUT2D eigenvalue weighted by atomic mass is 10.1. The monoisotopic (exact) mass is 367 g/mol. The van der Waals surface area contributed by atoms with Crippen molar-refractivity contribution in [2.45, 2.75) is 20.0 Å². The summed E-state index contributed by atoms with van der Waals surface area (Å²) in [7, 11) is 0. The Morgan fingerprint density at radius 3 is 2.54 bits per heavy atom. The van der Waals surface area contributed by atoms with Crippen molar-refractivity contribution in [1.29, 1.82) is 0 Å². The van der Waals surface area contributed by atoms with Crippen molar-refractivity contribution in [3.63, 3.8) is 0 Å². The molecule has 7 heteroatoms. The van der Waals surface area contributed by atoms with Crippen LogP contribution in [-0.2, 0) is 9.53 Å². The Morgan fingerprint density at radius 2 is 1.83 bits per heavy atom. The van der Waals surface area contributed by atoms with Crippen LogP contribution in [0.3, 0.4) is 0 Å². The van der Waals surface area contributed by atoms with E-state index in [4.69, 9.17) is 27.9 Å². The van der Waals surface area contributed by atoms with Gasteiger partial charge >= 0.3 is 5.97 Å². The van der Waals surface area contributed by atoms with Crippen molar-refractivity contribution >= 4 is 40.8 Å². The summed E-state index contributed by atoms with van der Waals surface area (Å²) in [5, 5.41) is 12.9. The summed E-state index contributed by atoms with van der Waals surface area (Å²) in [6.45, 7) is 3.07. The number of nitrogens with one attached hydrogen (secondary N) is 1. The molecule has 0 saturated heterocycles. The highest BCUT2D eigenvalue weighted by Crippen LogP contribution is 2.29. The van der Waals surface area contributed by atoms with E-state index in [1.807, 2.05) is 0 Å². The van der Waals surface area contributed by atoms with Crippen molar-refractivity contribution in [2.75, 3.05) is 5.32 Å². The second-order valence-corrected chi connectivity index (χ2v) is 5.89. The van der Waals surface area contributed by atoms with Crippen LogP contribution < -0.4 is 5.32 Å². The molecule has 5 nitrogen and oxygen atoms in total. The zero-order valence-electron chi connectivity index (χ0n) is 13.0. The molecule has 2 aromatic rings. The van der Waals surface area contributed by atoms with Crippen LogP contribution in [0.15, 0.2) is 36.4 Å². The Bertz CT molecular complexity index is 792. The van der Waals surface area contributed by atoms with Gasteiger partial charge in [-0.15, -0.1) is 0 Å². The van der Waals surface area contributed by atoms with E-state index in [1.165, 1.54) is 13.0 Å². The smallest absolute Gasteiger partial charge is 0.342 e. The summed E-state index contributed by atoms with van der Waals surface area (Å²) >= 11 is 11.9. The number of rotatable bonds is 4. The van der Waals surface area contributed by atoms with E-state index in [9.17, 15) is 14.7 Å². The van der Waals surface area contributed by atoms with E-state index >= 15 is 0 Å². The molecule has 0 bridgehead atoms. The number of carbonyl (C=O) groups excluding carboxylic acids is 2. The number of aromatic hydroxyl groups is 1. The molecule has 0 aliphatic heterocycles. The van der Waals surface area contributed by atoms with Crippen LogP contribution in [0, 0.1) is 6.92 Å². The number of phenols is 1. The van der Waals surface area contributed by atoms with E-state index in [-0.39, 0.29) is 16.3 Å². The summed E-state index contributed by atoms with van der Waals surface area (Å²) in [5.41, 5.74) is 0.846. The SMILES string of the molecule is Cc1cccc(C(=O)OC(C)C(=O)Nc2cccc(Cl)c2Cl)c1O. The molecule has 0 spiro atoms. The van der Waals surface area contributed by atoms with Gasteiger partial charge in [0.25, 0.3) is 5.91 Å². The Kier molecular flexibility index (Phi) is 5.70. The molecular formula is C17H15Cl2NO4. The van der Waals surface area contributed by atoms with Crippen LogP contribution in [-0.4, -0.2) is 23.1 Å². The molecule has 0 radical (unpaired) electrons. The lowest BCUT2D eigenvalue weighted by Gasteiger charge is -2.15. The lowest BCUT2D eigenvalue weighted by Crippen LogP contribution is -2.30. The number of esters is 1. The third-order valence-corrected chi connectivity index (χ3v) is 4.14. The number of para-hydroxylation sites is 1. The van der Waals surface area contributed by atoms with Gasteiger partial charge in [-0.25, -0.2) is 4.79 Å². The Labute approximate surface area is 149 Å². The standard InChI is InChI=1S/C17H15Cl2NO4/c1-9-5-3-6-11(15(9)21)17(23)24-10(2)16(22)20-13-8-4-7-12(18)14(13)19/h3-8,10,21H,1-2H3,(H,20,22). The summed E-state index contributed by atoms with van der Waals surface area (Å²) in [5.74, 6) is -1.54. The number of hydrogen-bond donors (Lipinski definition) is 2. The van der Waals surface area contributed by atoms with Gasteiger partial charge in [0.2, 0.25) is 0 Å². The molecule has 0 fully saturated rings. The van der Waals surface area contributed by atoms with Gasteiger partial charge in [0.15, 0.2) is 6.10 Å². The Hall–Kier alpha value is -2.24. The van der Waals surface area contributed by atoms with Gasteiger partial charge < -0.3 is 15.2 Å². The molecule has 0 aliphatic rings. The predicted molar refractivity (Wildman–Crippen MR) is 92.8 cm³/mol. The Morgan fingerprint density at radius 1 is 1.17 bits per heavy atom. The first-order valence-corrected chi connectivity index (χ1v) is 7.81. The number of carbonyl (C=O) groups is 2. The number of benzene rings is 2. The molecule has 0 aromatic heterocycles. The number of amides is 1. The average molecular weight is 368 g/mol. The van der Waals surface area contributed by atoms with E-state index in [0.29, 0.717) is 16.3 Å². The molecule has 0 aliphatic carbocycles. The predicted octanol–water partition coefficient (Wildman–Crippen LogP) is 4.19. The van der Waals surface area contributed by atoms with E-state index in [0.717, 1.165) is 0 Å². The number of hydrogen-bond acceptors (Lipinski definition) is 4. The largest absolute Gasteiger partial charge is 0.507 e. The van der Waals surface area contributed by atoms with Gasteiger partial charge in [0, 0.05) is 0 Å². The normalized spacial score (nSPS) is 11.7. The summed E-state index contributed by atoms with van der Waals surface area (Å²) in [4.78, 5) is 24.2. The molecule has 1 atom stereocenters. The number of anilines is 1. The first-order valence-electron chi connectivity index (χ1n) is 7.05. The summed E-state index contributed by atoms with van der Waals surface area (Å²) in [6.07, 6.45) is -1.09. The van der Waals surface area contributed by atoms with Crippen molar-refractivity contribution in [2.24, 2.45) is 0 Å². The number of aryl methyl sites for hydroxylation is 1. The van der Waals surface area contributed by atoms with Crippen LogP contribution in [0.25, 0.3) is 0 Å². The number of phenolic OH excluding ortho intramolecular Hbond substituents is 1. The van der Waals surface area contributed by atoms with Crippen LogP contribution >= 0.6 is 23.2 Å². The molecule has 1 unspecified atom stereocenters. The minimum atomic E-state index is -1.09. The van der Waals surface area contributed by atoms with Crippen molar-refractivity contribution in [3.05, 3.63) is 57.6 Å². The van der Waals surface area contributed by atoms with E-state index in [1.54, 1.807) is 37.3 Å². The first kappa shape index (κ1) is 18.1. The van der Waals surface area contributed by atoms with Crippen LogP contribution in [0.1, 0.15) is 22.8 Å².